The van der Waals surface area contributed by atoms with Crippen LogP contribution in [0.15, 0.2) is 66.9 Å². The molecule has 0 aliphatic heterocycles. The number of hydrogen-bond acceptors (Lipinski definition) is 4. The van der Waals surface area contributed by atoms with Gasteiger partial charge in [-0.15, -0.1) is 0 Å². The lowest BCUT2D eigenvalue weighted by Crippen LogP contribution is -2.30. The van der Waals surface area contributed by atoms with Gasteiger partial charge in [-0.05, 0) is 43.9 Å². The topological polar surface area (TPSA) is 107 Å². The third-order valence-electron chi connectivity index (χ3n) is 5.16. The molecule has 34 heavy (non-hydrogen) atoms. The maximum atomic E-state index is 12.9. The first-order valence-electron chi connectivity index (χ1n) is 11.3. The lowest BCUT2D eigenvalue weighted by atomic mass is 9.90. The molecule has 0 saturated heterocycles. The van der Waals surface area contributed by atoms with E-state index in [1.165, 1.54) is 12.5 Å². The van der Waals surface area contributed by atoms with Crippen molar-refractivity contribution >= 4 is 23.2 Å². The molecule has 0 aliphatic carbocycles. The fourth-order valence-electron chi connectivity index (χ4n) is 3.52. The van der Waals surface area contributed by atoms with Crippen LogP contribution in [-0.4, -0.2) is 33.5 Å². The van der Waals surface area contributed by atoms with Crippen LogP contribution in [-0.2, 0) is 16.0 Å². The van der Waals surface area contributed by atoms with Crippen molar-refractivity contribution < 1.29 is 14.4 Å². The van der Waals surface area contributed by atoms with Crippen LogP contribution in [0.2, 0.25) is 0 Å². The van der Waals surface area contributed by atoms with Crippen LogP contribution in [0.4, 0.5) is 0 Å². The van der Waals surface area contributed by atoms with E-state index < -0.39 is 5.91 Å². The summed E-state index contributed by atoms with van der Waals surface area (Å²) in [4.78, 5) is 38.5. The molecule has 2 amide bonds. The second kappa shape index (κ2) is 12.5. The smallest absolute Gasteiger partial charge is 0.268 e. The number of Topliss-reactive ketones (excluding diaryl/α,β-unsaturated/α-hetero) is 1. The summed E-state index contributed by atoms with van der Waals surface area (Å²) in [5.41, 5.74) is 8.20. The van der Waals surface area contributed by atoms with Gasteiger partial charge in [0.25, 0.3) is 5.91 Å². The highest BCUT2D eigenvalue weighted by molar-refractivity contribution is 5.93. The lowest BCUT2D eigenvalue weighted by molar-refractivity contribution is -0.116. The summed E-state index contributed by atoms with van der Waals surface area (Å²) in [5.74, 6) is 0.277. The Labute approximate surface area is 201 Å². The molecule has 1 atom stereocenters. The van der Waals surface area contributed by atoms with Gasteiger partial charge in [0.05, 0.1) is 5.69 Å². The highest BCUT2D eigenvalue weighted by Gasteiger charge is 2.17. The second-order valence-electron chi connectivity index (χ2n) is 8.84. The van der Waals surface area contributed by atoms with Crippen LogP contribution in [0.25, 0.3) is 5.65 Å². The molecule has 3 rings (SSSR count). The summed E-state index contributed by atoms with van der Waals surface area (Å²) in [5, 5.41) is 3.09. The molecular weight excluding hydrogens is 428 g/mol. The van der Waals surface area contributed by atoms with Crippen molar-refractivity contribution in [1.29, 1.82) is 0 Å². The van der Waals surface area contributed by atoms with Crippen molar-refractivity contribution in [2.24, 2.45) is 11.7 Å². The number of carbonyl (C=O) groups is 3. The summed E-state index contributed by atoms with van der Waals surface area (Å²) >= 11 is 0. The van der Waals surface area contributed by atoms with Crippen LogP contribution in [0.3, 0.4) is 0 Å². The molecule has 0 bridgehead atoms. The molecule has 1 aromatic carbocycles. The number of nitrogens with one attached hydrogen (secondary N) is 1. The molecule has 0 fully saturated rings. The predicted molar refractivity (Wildman–Crippen MR) is 135 cm³/mol. The van der Waals surface area contributed by atoms with Gasteiger partial charge in [0.2, 0.25) is 5.91 Å². The van der Waals surface area contributed by atoms with Gasteiger partial charge in [0.15, 0.2) is 0 Å². The number of primary amides is 1. The molecule has 0 saturated carbocycles. The Balaban J connectivity index is 0.000000604. The van der Waals surface area contributed by atoms with Gasteiger partial charge in [-0.2, -0.15) is 0 Å². The SMILES string of the molecule is C=C(C)C(N)=O.CC(=O)Cc1cn2c(C(=O)NCC(CC(C)C)c3ccccc3)cccc2n1. The first-order chi connectivity index (χ1) is 16.1. The lowest BCUT2D eigenvalue weighted by Gasteiger charge is -2.20. The summed E-state index contributed by atoms with van der Waals surface area (Å²) in [6.45, 7) is 11.4. The average Bonchev–Trinajstić information content (AvgIpc) is 3.18. The van der Waals surface area contributed by atoms with Crippen LogP contribution in [0.1, 0.15) is 61.8 Å². The van der Waals surface area contributed by atoms with Crippen LogP contribution >= 0.6 is 0 Å². The number of amides is 2. The number of imidazole rings is 1. The molecule has 2 heterocycles. The summed E-state index contributed by atoms with van der Waals surface area (Å²) in [6, 6.07) is 15.7. The van der Waals surface area contributed by atoms with E-state index >= 15 is 0 Å². The number of ketones is 1. The number of hydrogen-bond donors (Lipinski definition) is 2. The Morgan fingerprint density at radius 3 is 2.26 bits per heavy atom. The van der Waals surface area contributed by atoms with E-state index in [9.17, 15) is 14.4 Å². The highest BCUT2D eigenvalue weighted by Crippen LogP contribution is 2.23. The fourth-order valence-corrected chi connectivity index (χ4v) is 3.52. The first-order valence-corrected chi connectivity index (χ1v) is 11.3. The van der Waals surface area contributed by atoms with E-state index in [0.29, 0.717) is 35.1 Å². The van der Waals surface area contributed by atoms with E-state index in [1.54, 1.807) is 23.6 Å². The second-order valence-corrected chi connectivity index (χ2v) is 8.84. The van der Waals surface area contributed by atoms with Crippen LogP contribution in [0.5, 0.6) is 0 Å². The molecule has 3 aromatic rings. The van der Waals surface area contributed by atoms with E-state index in [1.807, 2.05) is 30.3 Å². The molecule has 7 nitrogen and oxygen atoms in total. The zero-order valence-electron chi connectivity index (χ0n) is 20.4. The summed E-state index contributed by atoms with van der Waals surface area (Å²) < 4.78 is 1.76. The maximum absolute atomic E-state index is 12.9. The van der Waals surface area contributed by atoms with Crippen LogP contribution < -0.4 is 11.1 Å². The number of aromatic nitrogens is 2. The summed E-state index contributed by atoms with van der Waals surface area (Å²) in [6.07, 6.45) is 3.05. The van der Waals surface area contributed by atoms with Gasteiger partial charge in [-0.3, -0.25) is 18.8 Å². The maximum Gasteiger partial charge on any atom is 0.268 e. The minimum Gasteiger partial charge on any atom is -0.366 e. The molecule has 2 aromatic heterocycles. The van der Waals surface area contributed by atoms with Gasteiger partial charge in [0, 0.05) is 30.7 Å². The Hall–Kier alpha value is -3.74. The quantitative estimate of drug-likeness (QED) is 0.467. The van der Waals surface area contributed by atoms with E-state index in [-0.39, 0.29) is 24.0 Å². The number of fused-ring (bicyclic) bond motifs is 1. The van der Waals surface area contributed by atoms with Gasteiger partial charge < -0.3 is 11.1 Å². The monoisotopic (exact) mass is 462 g/mol. The Morgan fingerprint density at radius 2 is 1.71 bits per heavy atom. The van der Waals surface area contributed by atoms with E-state index in [0.717, 1.165) is 6.42 Å². The third kappa shape index (κ3) is 7.99. The Kier molecular flexibility index (Phi) is 9.74. The van der Waals surface area contributed by atoms with Crippen molar-refractivity contribution in [2.75, 3.05) is 6.54 Å². The predicted octanol–water partition coefficient (Wildman–Crippen LogP) is 4.07. The zero-order valence-corrected chi connectivity index (χ0v) is 20.4. The summed E-state index contributed by atoms with van der Waals surface area (Å²) in [7, 11) is 0. The highest BCUT2D eigenvalue weighted by atomic mass is 16.2. The molecule has 3 N–H and O–H groups in total. The van der Waals surface area contributed by atoms with E-state index in [2.05, 4.69) is 42.9 Å². The third-order valence-corrected chi connectivity index (χ3v) is 5.16. The molecule has 1 unspecified atom stereocenters. The minimum atomic E-state index is -0.435. The first kappa shape index (κ1) is 26.5. The van der Waals surface area contributed by atoms with Crippen LogP contribution in [0, 0.1) is 5.92 Å². The zero-order chi connectivity index (χ0) is 25.3. The number of benzene rings is 1. The van der Waals surface area contributed by atoms with Gasteiger partial charge in [0.1, 0.15) is 17.1 Å². The molecule has 7 heteroatoms. The molecule has 0 spiro atoms. The number of rotatable bonds is 9. The molecular formula is C27H34N4O3. The van der Waals surface area contributed by atoms with Gasteiger partial charge >= 0.3 is 0 Å². The molecule has 0 radical (unpaired) electrons. The normalized spacial score (nSPS) is 11.4. The van der Waals surface area contributed by atoms with Crippen molar-refractivity contribution in [2.45, 2.75) is 46.5 Å². The number of pyridine rings is 1. The van der Waals surface area contributed by atoms with E-state index in [4.69, 9.17) is 5.73 Å². The Morgan fingerprint density at radius 1 is 1.06 bits per heavy atom. The Bertz CT molecular complexity index is 1140. The largest absolute Gasteiger partial charge is 0.366 e. The molecule has 0 aliphatic rings. The minimum absolute atomic E-state index is 0.0498. The van der Waals surface area contributed by atoms with Crippen molar-refractivity contribution in [3.05, 3.63) is 83.8 Å². The average molecular weight is 463 g/mol. The fraction of sp³-hybridized carbons (Fsp3) is 0.333. The van der Waals surface area contributed by atoms with Gasteiger partial charge in [-0.1, -0.05) is 56.8 Å². The number of carbonyl (C=O) groups excluding carboxylic acids is 3. The van der Waals surface area contributed by atoms with Crippen molar-refractivity contribution in [3.63, 3.8) is 0 Å². The van der Waals surface area contributed by atoms with Crippen molar-refractivity contribution in [1.82, 2.24) is 14.7 Å². The van der Waals surface area contributed by atoms with Crippen molar-refractivity contribution in [3.8, 4) is 0 Å². The van der Waals surface area contributed by atoms with Gasteiger partial charge in [-0.25, -0.2) is 4.98 Å². The molecule has 180 valence electrons. The number of nitrogens with zero attached hydrogens (tertiary/aromatic N) is 2. The number of nitrogens with two attached hydrogens (primary N) is 1. The standard InChI is InChI=1S/C23H27N3O2.C4H7NO/c1-16(2)12-19(18-8-5-4-6-9-18)14-24-23(28)21-10-7-11-22-25-20(13-17(3)27)15-26(21)22;1-3(2)4(5)6/h4-11,15-16,19H,12-14H2,1-3H3,(H,24,28);1H2,2H3,(H2,5,6).